The van der Waals surface area contributed by atoms with Crippen molar-refractivity contribution >= 4 is 17.3 Å². The first kappa shape index (κ1) is 14.0. The van der Waals surface area contributed by atoms with Gasteiger partial charge in [-0.25, -0.2) is 9.67 Å². The molecular weight excluding hydrogens is 292 g/mol. The van der Waals surface area contributed by atoms with Gasteiger partial charge in [0.05, 0.1) is 31.6 Å². The molecule has 0 saturated carbocycles. The average Bonchev–Trinajstić information content (AvgIpc) is 2.50. The molecule has 21 heavy (non-hydrogen) atoms. The van der Waals surface area contributed by atoms with Crippen LogP contribution in [-0.4, -0.2) is 41.1 Å². The average molecular weight is 307 g/mol. The van der Waals surface area contributed by atoms with Crippen LogP contribution in [0.3, 0.4) is 0 Å². The lowest BCUT2D eigenvalue weighted by molar-refractivity contribution is 0.122. The van der Waals surface area contributed by atoms with Crippen LogP contribution in [0.5, 0.6) is 0 Å². The molecule has 1 fully saturated rings. The molecule has 2 aromatic rings. The van der Waals surface area contributed by atoms with Crippen LogP contribution < -0.4 is 10.5 Å². The fraction of sp³-hybridized carbons (Fsp3) is 0.357. The zero-order valence-electron chi connectivity index (χ0n) is 11.4. The van der Waals surface area contributed by atoms with Gasteiger partial charge in [0.1, 0.15) is 5.15 Å². The van der Waals surface area contributed by atoms with Gasteiger partial charge in [0.25, 0.3) is 5.56 Å². The first-order valence-corrected chi connectivity index (χ1v) is 7.10. The summed E-state index contributed by atoms with van der Waals surface area (Å²) in [6.07, 6.45) is 3.33. The SMILES string of the molecule is O=c1cc(N2CCOCC2)cnn1Cc1ccnc(Cl)c1. The molecular formula is C14H15ClN4O2. The molecule has 3 rings (SSSR count). The second-order valence-electron chi connectivity index (χ2n) is 4.80. The van der Waals surface area contributed by atoms with Crippen LogP contribution in [0, 0.1) is 0 Å². The quantitative estimate of drug-likeness (QED) is 0.797. The van der Waals surface area contributed by atoms with Gasteiger partial charge in [-0.2, -0.15) is 5.10 Å². The molecule has 0 atom stereocenters. The number of hydrogen-bond acceptors (Lipinski definition) is 5. The van der Waals surface area contributed by atoms with E-state index in [1.54, 1.807) is 24.5 Å². The number of nitrogens with zero attached hydrogens (tertiary/aromatic N) is 4. The summed E-state index contributed by atoms with van der Waals surface area (Å²) in [5.41, 5.74) is 1.60. The van der Waals surface area contributed by atoms with Crippen molar-refractivity contribution in [2.45, 2.75) is 6.54 Å². The topological polar surface area (TPSA) is 60.3 Å². The number of morpholine rings is 1. The summed E-state index contributed by atoms with van der Waals surface area (Å²) in [6, 6.07) is 5.16. The lowest BCUT2D eigenvalue weighted by Gasteiger charge is -2.28. The maximum atomic E-state index is 12.2. The number of aromatic nitrogens is 3. The Balaban J connectivity index is 1.79. The largest absolute Gasteiger partial charge is 0.378 e. The Morgan fingerprint density at radius 2 is 2.10 bits per heavy atom. The molecule has 0 amide bonds. The third-order valence-electron chi connectivity index (χ3n) is 3.35. The molecule has 1 aliphatic heterocycles. The van der Waals surface area contributed by atoms with Gasteiger partial charge in [0, 0.05) is 25.4 Å². The molecule has 7 heteroatoms. The minimum Gasteiger partial charge on any atom is -0.378 e. The molecule has 1 saturated heterocycles. The van der Waals surface area contributed by atoms with Crippen molar-refractivity contribution in [1.29, 1.82) is 0 Å². The van der Waals surface area contributed by atoms with Crippen molar-refractivity contribution in [3.63, 3.8) is 0 Å². The van der Waals surface area contributed by atoms with E-state index in [9.17, 15) is 4.79 Å². The van der Waals surface area contributed by atoms with E-state index >= 15 is 0 Å². The number of anilines is 1. The van der Waals surface area contributed by atoms with Gasteiger partial charge in [-0.15, -0.1) is 0 Å². The Kier molecular flexibility index (Phi) is 4.17. The highest BCUT2D eigenvalue weighted by molar-refractivity contribution is 6.29. The van der Waals surface area contributed by atoms with E-state index < -0.39 is 0 Å². The van der Waals surface area contributed by atoms with Crippen LogP contribution in [0.1, 0.15) is 5.56 Å². The van der Waals surface area contributed by atoms with E-state index in [4.69, 9.17) is 16.3 Å². The molecule has 2 aromatic heterocycles. The lowest BCUT2D eigenvalue weighted by atomic mass is 10.3. The maximum Gasteiger partial charge on any atom is 0.269 e. The highest BCUT2D eigenvalue weighted by atomic mass is 35.5. The summed E-state index contributed by atoms with van der Waals surface area (Å²) in [4.78, 5) is 18.2. The summed E-state index contributed by atoms with van der Waals surface area (Å²) in [7, 11) is 0. The van der Waals surface area contributed by atoms with Crippen molar-refractivity contribution in [3.05, 3.63) is 51.7 Å². The van der Waals surface area contributed by atoms with E-state index in [0.29, 0.717) is 24.9 Å². The van der Waals surface area contributed by atoms with E-state index in [-0.39, 0.29) is 5.56 Å². The van der Waals surface area contributed by atoms with Crippen molar-refractivity contribution in [2.24, 2.45) is 0 Å². The molecule has 0 spiro atoms. The number of ether oxygens (including phenoxy) is 1. The van der Waals surface area contributed by atoms with E-state index in [1.807, 2.05) is 6.07 Å². The standard InChI is InChI=1S/C14H15ClN4O2/c15-13-7-11(1-2-16-13)10-19-14(20)8-12(9-17-19)18-3-5-21-6-4-18/h1-2,7-9H,3-6,10H2. The third-order valence-corrected chi connectivity index (χ3v) is 3.56. The molecule has 3 heterocycles. The highest BCUT2D eigenvalue weighted by Gasteiger charge is 2.12. The molecule has 0 bridgehead atoms. The van der Waals surface area contributed by atoms with Crippen molar-refractivity contribution in [3.8, 4) is 0 Å². The summed E-state index contributed by atoms with van der Waals surface area (Å²) in [5.74, 6) is 0. The van der Waals surface area contributed by atoms with Crippen molar-refractivity contribution in [2.75, 3.05) is 31.2 Å². The Hall–Kier alpha value is -1.92. The molecule has 0 aromatic carbocycles. The fourth-order valence-electron chi connectivity index (χ4n) is 2.25. The second-order valence-corrected chi connectivity index (χ2v) is 5.18. The summed E-state index contributed by atoms with van der Waals surface area (Å²) >= 11 is 5.84. The molecule has 0 aliphatic carbocycles. The van der Waals surface area contributed by atoms with Gasteiger partial charge in [0.15, 0.2) is 0 Å². The first-order chi connectivity index (χ1) is 10.2. The number of rotatable bonds is 3. The maximum absolute atomic E-state index is 12.2. The summed E-state index contributed by atoms with van der Waals surface area (Å²) in [6.45, 7) is 3.30. The zero-order valence-corrected chi connectivity index (χ0v) is 12.2. The minimum absolute atomic E-state index is 0.132. The molecule has 0 unspecified atom stereocenters. The first-order valence-electron chi connectivity index (χ1n) is 6.73. The second kappa shape index (κ2) is 6.24. The Bertz CT molecular complexity index is 683. The molecule has 1 aliphatic rings. The van der Waals surface area contributed by atoms with Crippen LogP contribution in [0.15, 0.2) is 35.4 Å². The summed E-state index contributed by atoms with van der Waals surface area (Å²) in [5, 5.41) is 4.64. The van der Waals surface area contributed by atoms with Crippen LogP contribution in [0.4, 0.5) is 5.69 Å². The van der Waals surface area contributed by atoms with Crippen LogP contribution in [0.25, 0.3) is 0 Å². The predicted molar refractivity (Wildman–Crippen MR) is 79.9 cm³/mol. The number of hydrogen-bond donors (Lipinski definition) is 0. The van der Waals surface area contributed by atoms with E-state index in [2.05, 4.69) is 15.0 Å². The van der Waals surface area contributed by atoms with Crippen LogP contribution in [0.2, 0.25) is 5.15 Å². The van der Waals surface area contributed by atoms with E-state index in [0.717, 1.165) is 24.3 Å². The minimum atomic E-state index is -0.132. The molecule has 0 radical (unpaired) electrons. The Morgan fingerprint density at radius 1 is 1.29 bits per heavy atom. The molecule has 110 valence electrons. The normalized spacial score (nSPS) is 15.2. The smallest absolute Gasteiger partial charge is 0.269 e. The molecule has 6 nitrogen and oxygen atoms in total. The third kappa shape index (κ3) is 3.40. The summed E-state index contributed by atoms with van der Waals surface area (Å²) < 4.78 is 6.71. The van der Waals surface area contributed by atoms with Crippen LogP contribution in [-0.2, 0) is 11.3 Å². The van der Waals surface area contributed by atoms with Gasteiger partial charge >= 0.3 is 0 Å². The lowest BCUT2D eigenvalue weighted by Crippen LogP contribution is -2.37. The van der Waals surface area contributed by atoms with Gasteiger partial charge in [0.2, 0.25) is 0 Å². The van der Waals surface area contributed by atoms with Crippen molar-refractivity contribution in [1.82, 2.24) is 14.8 Å². The van der Waals surface area contributed by atoms with E-state index in [1.165, 1.54) is 4.68 Å². The number of pyridine rings is 1. The fourth-order valence-corrected chi connectivity index (χ4v) is 2.45. The molecule has 0 N–H and O–H groups in total. The highest BCUT2D eigenvalue weighted by Crippen LogP contribution is 2.12. The van der Waals surface area contributed by atoms with Crippen molar-refractivity contribution < 1.29 is 4.74 Å². The zero-order chi connectivity index (χ0) is 14.7. The van der Waals surface area contributed by atoms with Gasteiger partial charge in [-0.1, -0.05) is 11.6 Å². The van der Waals surface area contributed by atoms with Gasteiger partial charge < -0.3 is 9.64 Å². The Morgan fingerprint density at radius 3 is 2.81 bits per heavy atom. The number of halogens is 1. The Labute approximate surface area is 126 Å². The van der Waals surface area contributed by atoms with Crippen LogP contribution >= 0.6 is 11.6 Å². The van der Waals surface area contributed by atoms with Gasteiger partial charge in [-0.3, -0.25) is 4.79 Å². The monoisotopic (exact) mass is 306 g/mol. The van der Waals surface area contributed by atoms with Gasteiger partial charge in [-0.05, 0) is 17.7 Å². The predicted octanol–water partition coefficient (Wildman–Crippen LogP) is 1.18.